The van der Waals surface area contributed by atoms with E-state index in [1.807, 2.05) is 54.0 Å². The van der Waals surface area contributed by atoms with Crippen LogP contribution in [0.1, 0.15) is 21.9 Å². The van der Waals surface area contributed by atoms with Gasteiger partial charge in [-0.15, -0.1) is 0 Å². The van der Waals surface area contributed by atoms with Crippen LogP contribution >= 0.6 is 11.6 Å². The Balaban J connectivity index is 1.73. The summed E-state index contributed by atoms with van der Waals surface area (Å²) in [6.07, 6.45) is 0. The zero-order valence-corrected chi connectivity index (χ0v) is 15.2. The highest BCUT2D eigenvalue weighted by atomic mass is 35.5. The molecule has 0 saturated heterocycles. The highest BCUT2D eigenvalue weighted by Crippen LogP contribution is 2.24. The quantitative estimate of drug-likeness (QED) is 0.538. The number of benzene rings is 1. The number of aryl methyl sites for hydroxylation is 1. The van der Waals surface area contributed by atoms with Crippen molar-refractivity contribution in [3.05, 3.63) is 76.8 Å². The van der Waals surface area contributed by atoms with Crippen molar-refractivity contribution >= 4 is 28.7 Å². The number of rotatable bonds is 4. The van der Waals surface area contributed by atoms with E-state index < -0.39 is 5.97 Å². The number of hydrogen-bond donors (Lipinski definition) is 1. The van der Waals surface area contributed by atoms with Crippen molar-refractivity contribution in [1.82, 2.24) is 19.5 Å². The minimum absolute atomic E-state index is 0.0210. The van der Waals surface area contributed by atoms with E-state index in [-0.39, 0.29) is 5.69 Å². The zero-order valence-electron chi connectivity index (χ0n) is 14.4. The van der Waals surface area contributed by atoms with Crippen molar-refractivity contribution in [3.63, 3.8) is 0 Å². The second kappa shape index (κ2) is 6.81. The Labute approximate surface area is 160 Å². The summed E-state index contributed by atoms with van der Waals surface area (Å²) in [6, 6.07) is 16.7. The van der Waals surface area contributed by atoms with Gasteiger partial charge in [-0.3, -0.25) is 0 Å². The van der Waals surface area contributed by atoms with Gasteiger partial charge >= 0.3 is 5.97 Å². The lowest BCUT2D eigenvalue weighted by molar-refractivity contribution is 0.0691. The maximum Gasteiger partial charge on any atom is 0.354 e. The number of imidazole rings is 1. The summed E-state index contributed by atoms with van der Waals surface area (Å²) in [5.74, 6) is -0.350. The minimum atomic E-state index is -1.07. The molecule has 6 nitrogen and oxygen atoms in total. The third-order valence-corrected chi connectivity index (χ3v) is 4.65. The molecule has 27 heavy (non-hydrogen) atoms. The van der Waals surface area contributed by atoms with Gasteiger partial charge in [-0.2, -0.15) is 0 Å². The lowest BCUT2D eigenvalue weighted by Gasteiger charge is -2.10. The van der Waals surface area contributed by atoms with Crippen LogP contribution in [-0.4, -0.2) is 30.6 Å². The van der Waals surface area contributed by atoms with Crippen molar-refractivity contribution in [1.29, 1.82) is 0 Å². The molecule has 1 aromatic carbocycles. The molecule has 0 saturated carbocycles. The molecule has 0 aliphatic carbocycles. The number of carbonyl (C=O) groups is 1. The van der Waals surface area contributed by atoms with E-state index in [2.05, 4.69) is 15.0 Å². The number of hydrogen-bond acceptors (Lipinski definition) is 4. The Kier molecular flexibility index (Phi) is 4.33. The SMILES string of the molecule is Cc1nc2ccc(C(=O)O)nc2n1Cc1ccc(-c2ccccc2)nc1Cl. The first kappa shape index (κ1) is 17.2. The molecule has 1 N–H and O–H groups in total. The molecule has 0 unspecified atom stereocenters. The highest BCUT2D eigenvalue weighted by molar-refractivity contribution is 6.30. The highest BCUT2D eigenvalue weighted by Gasteiger charge is 2.14. The van der Waals surface area contributed by atoms with E-state index in [4.69, 9.17) is 11.6 Å². The van der Waals surface area contributed by atoms with E-state index in [9.17, 15) is 9.90 Å². The summed E-state index contributed by atoms with van der Waals surface area (Å²) in [5.41, 5.74) is 3.72. The number of nitrogens with zero attached hydrogens (tertiary/aromatic N) is 4. The van der Waals surface area contributed by atoms with Crippen LogP contribution in [0.3, 0.4) is 0 Å². The van der Waals surface area contributed by atoms with Crippen LogP contribution in [0.5, 0.6) is 0 Å². The first-order valence-electron chi connectivity index (χ1n) is 8.31. The Morgan fingerprint density at radius 2 is 1.81 bits per heavy atom. The van der Waals surface area contributed by atoms with Crippen LogP contribution in [0.2, 0.25) is 5.15 Å². The van der Waals surface area contributed by atoms with Crippen LogP contribution in [0, 0.1) is 6.92 Å². The number of carboxylic acid groups (broad SMARTS) is 1. The number of aromatic carboxylic acids is 1. The molecule has 0 spiro atoms. The van der Waals surface area contributed by atoms with Crippen LogP contribution < -0.4 is 0 Å². The fraction of sp³-hybridized carbons (Fsp3) is 0.100. The maximum atomic E-state index is 11.2. The number of fused-ring (bicyclic) bond motifs is 1. The second-order valence-electron chi connectivity index (χ2n) is 6.10. The van der Waals surface area contributed by atoms with Gasteiger partial charge in [0.15, 0.2) is 11.3 Å². The maximum absolute atomic E-state index is 11.2. The molecular formula is C20H15ClN4O2. The molecule has 3 aromatic heterocycles. The molecule has 134 valence electrons. The van der Waals surface area contributed by atoms with E-state index in [1.54, 1.807) is 6.07 Å². The van der Waals surface area contributed by atoms with Gasteiger partial charge in [0.1, 0.15) is 16.5 Å². The average molecular weight is 379 g/mol. The van der Waals surface area contributed by atoms with Gasteiger partial charge in [0, 0.05) is 11.1 Å². The molecule has 0 fully saturated rings. The molecule has 7 heteroatoms. The zero-order chi connectivity index (χ0) is 19.0. The fourth-order valence-corrected chi connectivity index (χ4v) is 3.16. The van der Waals surface area contributed by atoms with E-state index in [0.29, 0.717) is 22.9 Å². The van der Waals surface area contributed by atoms with Gasteiger partial charge in [-0.1, -0.05) is 48.0 Å². The molecule has 0 radical (unpaired) electrons. The lowest BCUT2D eigenvalue weighted by atomic mass is 10.1. The smallest absolute Gasteiger partial charge is 0.354 e. The van der Waals surface area contributed by atoms with Crippen LogP contribution in [0.4, 0.5) is 0 Å². The third-order valence-electron chi connectivity index (χ3n) is 4.33. The summed E-state index contributed by atoms with van der Waals surface area (Å²) in [7, 11) is 0. The van der Waals surface area contributed by atoms with Crippen molar-refractivity contribution in [2.45, 2.75) is 13.5 Å². The van der Waals surface area contributed by atoms with Gasteiger partial charge in [-0.25, -0.2) is 19.7 Å². The summed E-state index contributed by atoms with van der Waals surface area (Å²) < 4.78 is 1.84. The molecule has 3 heterocycles. The molecule has 0 aliphatic heterocycles. The molecule has 0 atom stereocenters. The van der Waals surface area contributed by atoms with Crippen molar-refractivity contribution < 1.29 is 9.90 Å². The first-order chi connectivity index (χ1) is 13.0. The number of carboxylic acids is 1. The second-order valence-corrected chi connectivity index (χ2v) is 6.46. The monoisotopic (exact) mass is 378 g/mol. The third kappa shape index (κ3) is 3.27. The molecule has 0 aliphatic rings. The van der Waals surface area contributed by atoms with Crippen molar-refractivity contribution in [2.24, 2.45) is 0 Å². The topological polar surface area (TPSA) is 80.9 Å². The summed E-state index contributed by atoms with van der Waals surface area (Å²) in [5, 5.41) is 9.59. The summed E-state index contributed by atoms with van der Waals surface area (Å²) >= 11 is 6.42. The number of halogens is 1. The van der Waals surface area contributed by atoms with Crippen LogP contribution in [0.25, 0.3) is 22.4 Å². The van der Waals surface area contributed by atoms with Gasteiger partial charge in [-0.05, 0) is 25.1 Å². The molecule has 4 aromatic rings. The van der Waals surface area contributed by atoms with Gasteiger partial charge < -0.3 is 9.67 Å². The Bertz CT molecular complexity index is 1160. The van der Waals surface area contributed by atoms with Gasteiger partial charge in [0.05, 0.1) is 12.2 Å². The van der Waals surface area contributed by atoms with Gasteiger partial charge in [0.2, 0.25) is 0 Å². The van der Waals surface area contributed by atoms with E-state index >= 15 is 0 Å². The van der Waals surface area contributed by atoms with Crippen LogP contribution in [-0.2, 0) is 6.54 Å². The standard InChI is InChI=1S/C20H15ClN4O2/c1-12-22-16-9-10-17(20(26)27)24-19(16)25(12)11-14-7-8-15(23-18(14)21)13-5-3-2-4-6-13/h2-10H,11H2,1H3,(H,26,27). The van der Waals surface area contributed by atoms with Crippen molar-refractivity contribution in [3.8, 4) is 11.3 Å². The summed E-state index contributed by atoms with van der Waals surface area (Å²) in [6.45, 7) is 2.25. The molecule has 0 bridgehead atoms. The Hall–Kier alpha value is -3.25. The normalized spacial score (nSPS) is 11.0. The van der Waals surface area contributed by atoms with E-state index in [0.717, 1.165) is 22.6 Å². The van der Waals surface area contributed by atoms with Gasteiger partial charge in [0.25, 0.3) is 0 Å². The predicted octanol–water partition coefficient (Wildman–Crippen LogP) is 4.20. The first-order valence-corrected chi connectivity index (χ1v) is 8.69. The fourth-order valence-electron chi connectivity index (χ4n) is 2.94. The Morgan fingerprint density at radius 3 is 2.52 bits per heavy atom. The molecule has 0 amide bonds. The van der Waals surface area contributed by atoms with E-state index in [1.165, 1.54) is 6.07 Å². The Morgan fingerprint density at radius 1 is 1.04 bits per heavy atom. The lowest BCUT2D eigenvalue weighted by Crippen LogP contribution is -2.06. The van der Waals surface area contributed by atoms with Crippen LogP contribution in [0.15, 0.2) is 54.6 Å². The minimum Gasteiger partial charge on any atom is -0.477 e. The largest absolute Gasteiger partial charge is 0.477 e. The average Bonchev–Trinajstić information content (AvgIpc) is 2.98. The number of aromatic nitrogens is 4. The molecule has 4 rings (SSSR count). The van der Waals surface area contributed by atoms with Crippen molar-refractivity contribution in [2.75, 3.05) is 0 Å². The summed E-state index contributed by atoms with van der Waals surface area (Å²) in [4.78, 5) is 24.4. The molecular weight excluding hydrogens is 364 g/mol. The number of pyridine rings is 2. The predicted molar refractivity (Wildman–Crippen MR) is 103 cm³/mol.